The van der Waals surface area contributed by atoms with Crippen LogP contribution in [0.1, 0.15) is 52.7 Å². The third kappa shape index (κ3) is 6.35. The molecule has 25 heavy (non-hydrogen) atoms. The molecule has 2 nitrogen and oxygen atoms in total. The van der Waals surface area contributed by atoms with Crippen molar-refractivity contribution in [1.82, 2.24) is 0 Å². The van der Waals surface area contributed by atoms with Crippen LogP contribution in [-0.4, -0.2) is 23.2 Å². The lowest BCUT2D eigenvalue weighted by Gasteiger charge is -2.37. The third-order valence-electron chi connectivity index (χ3n) is 6.15. The summed E-state index contributed by atoms with van der Waals surface area (Å²) < 4.78 is 12.8. The van der Waals surface area contributed by atoms with Gasteiger partial charge in [0.2, 0.25) is 0 Å². The highest BCUT2D eigenvalue weighted by Gasteiger charge is 2.38. The molecular formula is C21H40O2Si2. The second-order valence-corrected chi connectivity index (χ2v) is 19.8. The van der Waals surface area contributed by atoms with Gasteiger partial charge >= 0.3 is 0 Å². The van der Waals surface area contributed by atoms with E-state index in [2.05, 4.69) is 92.0 Å². The summed E-state index contributed by atoms with van der Waals surface area (Å²) in [6.07, 6.45) is 0.962. The molecule has 0 saturated heterocycles. The average molecular weight is 381 g/mol. The van der Waals surface area contributed by atoms with Crippen molar-refractivity contribution in [2.45, 2.75) is 90.8 Å². The molecule has 0 fully saturated rings. The molecule has 0 unspecified atom stereocenters. The molecule has 0 saturated carbocycles. The summed E-state index contributed by atoms with van der Waals surface area (Å²) in [6, 6.07) is 8.66. The van der Waals surface area contributed by atoms with Crippen LogP contribution >= 0.6 is 0 Å². The Kier molecular flexibility index (Phi) is 7.30. The normalized spacial score (nSPS) is 14.0. The van der Waals surface area contributed by atoms with Gasteiger partial charge in [0.25, 0.3) is 0 Å². The molecule has 0 N–H and O–H groups in total. The monoisotopic (exact) mass is 380 g/mol. The third-order valence-corrected chi connectivity index (χ3v) is 15.2. The SMILES string of the molecule is CC(C)(C)[Si](C)(C)OCCc1ccccc1CO[Si](C)(C)C(C)(C)C. The molecule has 1 rings (SSSR count). The minimum Gasteiger partial charge on any atom is -0.416 e. The van der Waals surface area contributed by atoms with Gasteiger partial charge in [0.1, 0.15) is 0 Å². The lowest BCUT2D eigenvalue weighted by atomic mass is 10.1. The maximum atomic E-state index is 6.43. The molecule has 0 radical (unpaired) electrons. The Morgan fingerprint density at radius 1 is 0.720 bits per heavy atom. The first kappa shape index (κ1) is 22.6. The Bertz CT molecular complexity index is 552. The molecular weight excluding hydrogens is 340 g/mol. The number of hydrogen-bond acceptors (Lipinski definition) is 2. The molecule has 0 bridgehead atoms. The Labute approximate surface area is 158 Å². The summed E-state index contributed by atoms with van der Waals surface area (Å²) in [4.78, 5) is 0. The van der Waals surface area contributed by atoms with Crippen molar-refractivity contribution in [3.8, 4) is 0 Å². The molecule has 144 valence electrons. The maximum absolute atomic E-state index is 6.43. The Morgan fingerprint density at radius 3 is 1.64 bits per heavy atom. The molecule has 0 spiro atoms. The van der Waals surface area contributed by atoms with E-state index in [1.54, 1.807) is 0 Å². The number of benzene rings is 1. The van der Waals surface area contributed by atoms with Crippen molar-refractivity contribution in [2.75, 3.05) is 6.61 Å². The first-order chi connectivity index (χ1) is 11.2. The van der Waals surface area contributed by atoms with E-state index in [1.165, 1.54) is 11.1 Å². The van der Waals surface area contributed by atoms with Crippen LogP contribution in [0.3, 0.4) is 0 Å². The highest BCUT2D eigenvalue weighted by Crippen LogP contribution is 2.38. The van der Waals surface area contributed by atoms with Crippen molar-refractivity contribution in [1.29, 1.82) is 0 Å². The summed E-state index contributed by atoms with van der Waals surface area (Å²) in [7, 11) is -3.39. The van der Waals surface area contributed by atoms with Gasteiger partial charge in [0, 0.05) is 6.61 Å². The van der Waals surface area contributed by atoms with Gasteiger partial charge in [-0.2, -0.15) is 0 Å². The van der Waals surface area contributed by atoms with Crippen molar-refractivity contribution in [3.63, 3.8) is 0 Å². The molecule has 0 atom stereocenters. The second kappa shape index (κ2) is 8.07. The van der Waals surface area contributed by atoms with Gasteiger partial charge in [-0.15, -0.1) is 0 Å². The molecule has 0 amide bonds. The summed E-state index contributed by atoms with van der Waals surface area (Å²) in [6.45, 7) is 24.5. The van der Waals surface area contributed by atoms with Crippen LogP contribution in [0.4, 0.5) is 0 Å². The van der Waals surface area contributed by atoms with Crippen LogP contribution in [0.25, 0.3) is 0 Å². The van der Waals surface area contributed by atoms with Crippen LogP contribution in [-0.2, 0) is 21.9 Å². The van der Waals surface area contributed by atoms with E-state index in [1.807, 2.05) is 0 Å². The molecule has 1 aromatic rings. The summed E-state index contributed by atoms with van der Waals surface area (Å²) >= 11 is 0. The van der Waals surface area contributed by atoms with E-state index < -0.39 is 16.6 Å². The zero-order chi connectivity index (χ0) is 19.5. The Hall–Kier alpha value is -0.426. The molecule has 0 aliphatic rings. The van der Waals surface area contributed by atoms with Gasteiger partial charge in [-0.25, -0.2) is 0 Å². The molecule has 0 aromatic heterocycles. The standard InChI is InChI=1S/C21H40O2Si2/c1-20(2,3)24(7,8)22-16-15-18-13-11-12-14-19(18)17-23-25(9,10)21(4,5)6/h11-14H,15-17H2,1-10H3. The van der Waals surface area contributed by atoms with Crippen molar-refractivity contribution < 1.29 is 8.85 Å². The lowest BCUT2D eigenvalue weighted by Crippen LogP contribution is -2.41. The van der Waals surface area contributed by atoms with E-state index in [-0.39, 0.29) is 10.1 Å². The highest BCUT2D eigenvalue weighted by atomic mass is 28.4. The van der Waals surface area contributed by atoms with Crippen molar-refractivity contribution in [3.05, 3.63) is 35.4 Å². The van der Waals surface area contributed by atoms with E-state index >= 15 is 0 Å². The lowest BCUT2D eigenvalue weighted by molar-refractivity contribution is 0.271. The molecule has 1 aromatic carbocycles. The predicted octanol–water partition coefficient (Wildman–Crippen LogP) is 6.77. The van der Waals surface area contributed by atoms with Crippen molar-refractivity contribution in [2.24, 2.45) is 0 Å². The van der Waals surface area contributed by atoms with Gasteiger partial charge in [0.15, 0.2) is 16.6 Å². The zero-order valence-electron chi connectivity index (χ0n) is 18.2. The molecule has 0 heterocycles. The fraction of sp³-hybridized carbons (Fsp3) is 0.714. The molecule has 0 aliphatic carbocycles. The van der Waals surface area contributed by atoms with Gasteiger partial charge in [0.05, 0.1) is 6.61 Å². The highest BCUT2D eigenvalue weighted by molar-refractivity contribution is 6.74. The van der Waals surface area contributed by atoms with Gasteiger partial charge in [-0.3, -0.25) is 0 Å². The second-order valence-electron chi connectivity index (χ2n) is 10.2. The Morgan fingerprint density at radius 2 is 1.16 bits per heavy atom. The summed E-state index contributed by atoms with van der Waals surface area (Å²) in [5, 5.41) is 0.505. The van der Waals surface area contributed by atoms with Gasteiger partial charge < -0.3 is 8.85 Å². The van der Waals surface area contributed by atoms with Crippen LogP contribution < -0.4 is 0 Å². The van der Waals surface area contributed by atoms with E-state index in [4.69, 9.17) is 8.85 Å². The summed E-state index contributed by atoms with van der Waals surface area (Å²) in [5.74, 6) is 0. The van der Waals surface area contributed by atoms with Crippen LogP contribution in [0, 0.1) is 0 Å². The van der Waals surface area contributed by atoms with E-state index in [0.717, 1.165) is 13.0 Å². The largest absolute Gasteiger partial charge is 0.416 e. The topological polar surface area (TPSA) is 18.5 Å². The quantitative estimate of drug-likeness (QED) is 0.486. The smallest absolute Gasteiger partial charge is 0.192 e. The maximum Gasteiger partial charge on any atom is 0.192 e. The van der Waals surface area contributed by atoms with Crippen LogP contribution in [0.5, 0.6) is 0 Å². The van der Waals surface area contributed by atoms with Crippen molar-refractivity contribution >= 4 is 16.6 Å². The fourth-order valence-electron chi connectivity index (χ4n) is 2.05. The van der Waals surface area contributed by atoms with E-state index in [9.17, 15) is 0 Å². The average Bonchev–Trinajstić information content (AvgIpc) is 2.43. The number of hydrogen-bond donors (Lipinski definition) is 0. The minimum absolute atomic E-state index is 0.243. The van der Waals surface area contributed by atoms with Crippen LogP contribution in [0.15, 0.2) is 24.3 Å². The van der Waals surface area contributed by atoms with Gasteiger partial charge in [-0.1, -0.05) is 65.8 Å². The minimum atomic E-state index is -1.72. The van der Waals surface area contributed by atoms with Gasteiger partial charge in [-0.05, 0) is 53.8 Å². The molecule has 4 heteroatoms. The first-order valence-electron chi connectivity index (χ1n) is 9.52. The first-order valence-corrected chi connectivity index (χ1v) is 15.3. The number of rotatable bonds is 7. The van der Waals surface area contributed by atoms with E-state index in [0.29, 0.717) is 6.61 Å². The summed E-state index contributed by atoms with van der Waals surface area (Å²) in [5.41, 5.74) is 2.67. The Balaban J connectivity index is 2.72. The zero-order valence-corrected chi connectivity index (χ0v) is 20.2. The molecule has 0 aliphatic heterocycles. The fourth-order valence-corrected chi connectivity index (χ4v) is 4.04. The van der Waals surface area contributed by atoms with Crippen LogP contribution in [0.2, 0.25) is 36.3 Å². The predicted molar refractivity (Wildman–Crippen MR) is 115 cm³/mol.